The van der Waals surface area contributed by atoms with E-state index in [0.717, 1.165) is 6.07 Å². The van der Waals surface area contributed by atoms with Crippen molar-refractivity contribution in [3.8, 4) is 34.1 Å². The van der Waals surface area contributed by atoms with Crippen molar-refractivity contribution in [3.05, 3.63) is 46.3 Å². The molecule has 7 nitrogen and oxygen atoms in total. The number of fused-ring (bicyclic) bond motifs is 1. The molecule has 0 spiro atoms. The molecule has 0 unspecified atom stereocenters. The van der Waals surface area contributed by atoms with E-state index in [9.17, 15) is 25.2 Å². The molecule has 0 saturated carbocycles. The summed E-state index contributed by atoms with van der Waals surface area (Å²) < 4.78 is 10.8. The second kappa shape index (κ2) is 7.09. The van der Waals surface area contributed by atoms with E-state index in [-0.39, 0.29) is 45.8 Å². The largest absolute Gasteiger partial charge is 0.508 e. The number of aromatic hydroxyl groups is 3. The molecule has 0 radical (unpaired) electrons. The molecule has 0 atom stereocenters. The van der Waals surface area contributed by atoms with Gasteiger partial charge in [-0.05, 0) is 38.8 Å². The van der Waals surface area contributed by atoms with E-state index < -0.39 is 11.0 Å². The number of benzene rings is 2. The van der Waals surface area contributed by atoms with Crippen LogP contribution in [-0.4, -0.2) is 33.1 Å². The summed E-state index contributed by atoms with van der Waals surface area (Å²) in [5.74, 6) is -0.375. The Morgan fingerprint density at radius 2 is 1.82 bits per heavy atom. The Bertz CT molecular complexity index is 1090. The van der Waals surface area contributed by atoms with Gasteiger partial charge in [0.1, 0.15) is 40.2 Å². The van der Waals surface area contributed by atoms with Crippen LogP contribution in [0.4, 0.5) is 0 Å². The molecular weight excluding hydrogens is 364 g/mol. The highest BCUT2D eigenvalue weighted by Gasteiger charge is 2.22. The SMILES string of the molecule is COc1cc2occ(-c3ccc(O)cc3O)c(=O)c2c(O)c1CCC(C)(C)O. The third-order valence-electron chi connectivity index (χ3n) is 4.58. The molecule has 4 N–H and O–H groups in total. The number of ether oxygens (including phenoxy) is 1. The molecule has 0 fully saturated rings. The third-order valence-corrected chi connectivity index (χ3v) is 4.58. The smallest absolute Gasteiger partial charge is 0.204 e. The number of hydrogen-bond acceptors (Lipinski definition) is 7. The predicted octanol–water partition coefficient (Wildman–Crippen LogP) is 3.29. The van der Waals surface area contributed by atoms with E-state index in [2.05, 4.69) is 0 Å². The molecule has 0 aliphatic rings. The summed E-state index contributed by atoms with van der Waals surface area (Å²) >= 11 is 0. The fraction of sp³-hybridized carbons (Fsp3) is 0.286. The number of rotatable bonds is 5. The number of aliphatic hydroxyl groups is 1. The number of phenolic OH excluding ortho intramolecular Hbond substituents is 3. The first-order valence-electron chi connectivity index (χ1n) is 8.71. The maximum Gasteiger partial charge on any atom is 0.204 e. The van der Waals surface area contributed by atoms with Crippen LogP contribution in [-0.2, 0) is 6.42 Å². The standard InChI is InChI=1S/C21H22O7/c1-21(2,26)7-6-13-16(27-3)9-17-18(19(13)24)20(25)14(10-28-17)12-5-4-11(22)8-15(12)23/h4-5,8-10,22-24,26H,6-7H2,1-3H3. The van der Waals surface area contributed by atoms with Gasteiger partial charge in [-0.1, -0.05) is 0 Å². The van der Waals surface area contributed by atoms with Crippen LogP contribution in [0.15, 0.2) is 39.7 Å². The molecule has 1 heterocycles. The van der Waals surface area contributed by atoms with Gasteiger partial charge in [-0.15, -0.1) is 0 Å². The van der Waals surface area contributed by atoms with E-state index in [0.29, 0.717) is 17.7 Å². The van der Waals surface area contributed by atoms with E-state index in [1.54, 1.807) is 13.8 Å². The fourth-order valence-electron chi connectivity index (χ4n) is 3.07. The summed E-state index contributed by atoms with van der Waals surface area (Å²) in [6, 6.07) is 5.35. The van der Waals surface area contributed by atoms with Gasteiger partial charge in [0, 0.05) is 23.3 Å². The van der Waals surface area contributed by atoms with Gasteiger partial charge in [0.15, 0.2) is 0 Å². The summed E-state index contributed by atoms with van der Waals surface area (Å²) in [5, 5.41) is 40.3. The van der Waals surface area contributed by atoms with Gasteiger partial charge < -0.3 is 29.6 Å². The topological polar surface area (TPSA) is 120 Å². The highest BCUT2D eigenvalue weighted by molar-refractivity contribution is 5.90. The number of phenols is 3. The van der Waals surface area contributed by atoms with Crippen LogP contribution in [0.3, 0.4) is 0 Å². The van der Waals surface area contributed by atoms with Crippen LogP contribution < -0.4 is 10.2 Å². The summed E-state index contributed by atoms with van der Waals surface area (Å²) in [4.78, 5) is 13.1. The Morgan fingerprint density at radius 1 is 1.11 bits per heavy atom. The van der Waals surface area contributed by atoms with Crippen LogP contribution in [0.2, 0.25) is 0 Å². The van der Waals surface area contributed by atoms with E-state index >= 15 is 0 Å². The Kier molecular flexibility index (Phi) is 4.95. The molecule has 2 aromatic carbocycles. The fourth-order valence-corrected chi connectivity index (χ4v) is 3.07. The number of methoxy groups -OCH3 is 1. The molecule has 0 aliphatic heterocycles. The van der Waals surface area contributed by atoms with Crippen molar-refractivity contribution in [2.75, 3.05) is 7.11 Å². The van der Waals surface area contributed by atoms with E-state index in [4.69, 9.17) is 9.15 Å². The Balaban J connectivity index is 2.23. The Labute approximate surface area is 161 Å². The first kappa shape index (κ1) is 19.6. The third kappa shape index (κ3) is 3.61. The molecule has 148 valence electrons. The van der Waals surface area contributed by atoms with Gasteiger partial charge in [-0.2, -0.15) is 0 Å². The van der Waals surface area contributed by atoms with Crippen molar-refractivity contribution >= 4 is 11.0 Å². The van der Waals surface area contributed by atoms with Crippen LogP contribution in [0.25, 0.3) is 22.1 Å². The van der Waals surface area contributed by atoms with Gasteiger partial charge in [0.25, 0.3) is 0 Å². The molecule has 1 aromatic heterocycles. The van der Waals surface area contributed by atoms with Gasteiger partial charge in [0.05, 0.1) is 18.3 Å². The average molecular weight is 386 g/mol. The minimum Gasteiger partial charge on any atom is -0.508 e. The molecule has 0 bridgehead atoms. The van der Waals surface area contributed by atoms with E-state index in [1.807, 2.05) is 0 Å². The minimum absolute atomic E-state index is 0.0407. The molecule has 28 heavy (non-hydrogen) atoms. The lowest BCUT2D eigenvalue weighted by Crippen LogP contribution is -2.19. The lowest BCUT2D eigenvalue weighted by atomic mass is 9.95. The van der Waals surface area contributed by atoms with Crippen molar-refractivity contribution < 1.29 is 29.6 Å². The maximum absolute atomic E-state index is 13.1. The van der Waals surface area contributed by atoms with Gasteiger partial charge in [-0.25, -0.2) is 0 Å². The molecule has 7 heteroatoms. The van der Waals surface area contributed by atoms with Gasteiger partial charge in [-0.3, -0.25) is 4.79 Å². The first-order chi connectivity index (χ1) is 13.1. The highest BCUT2D eigenvalue weighted by atomic mass is 16.5. The van der Waals surface area contributed by atoms with E-state index in [1.165, 1.54) is 31.6 Å². The van der Waals surface area contributed by atoms with Crippen LogP contribution in [0.5, 0.6) is 23.0 Å². The average Bonchev–Trinajstić information content (AvgIpc) is 2.60. The summed E-state index contributed by atoms with van der Waals surface area (Å²) in [6.45, 7) is 3.30. The Hall–Kier alpha value is -3.19. The van der Waals surface area contributed by atoms with Crippen molar-refractivity contribution in [1.82, 2.24) is 0 Å². The molecule has 0 saturated heterocycles. The monoisotopic (exact) mass is 386 g/mol. The lowest BCUT2D eigenvalue weighted by Gasteiger charge is -2.19. The van der Waals surface area contributed by atoms with Crippen molar-refractivity contribution in [2.24, 2.45) is 0 Å². The Morgan fingerprint density at radius 3 is 2.43 bits per heavy atom. The minimum atomic E-state index is -0.962. The molecule has 0 aliphatic carbocycles. The van der Waals surface area contributed by atoms with Crippen LogP contribution in [0, 0.1) is 0 Å². The van der Waals surface area contributed by atoms with Gasteiger partial charge >= 0.3 is 0 Å². The first-order valence-corrected chi connectivity index (χ1v) is 8.71. The maximum atomic E-state index is 13.1. The molecule has 3 aromatic rings. The normalized spacial score (nSPS) is 11.7. The van der Waals surface area contributed by atoms with Gasteiger partial charge in [0.2, 0.25) is 5.43 Å². The summed E-state index contributed by atoms with van der Waals surface area (Å²) in [6.07, 6.45) is 1.81. The highest BCUT2D eigenvalue weighted by Crippen LogP contribution is 2.38. The predicted molar refractivity (Wildman–Crippen MR) is 104 cm³/mol. The molecule has 0 amide bonds. The zero-order chi connectivity index (χ0) is 20.6. The molecule has 3 rings (SSSR count). The van der Waals surface area contributed by atoms with Crippen molar-refractivity contribution in [1.29, 1.82) is 0 Å². The van der Waals surface area contributed by atoms with Crippen molar-refractivity contribution in [3.63, 3.8) is 0 Å². The molecular formula is C21H22O7. The quantitative estimate of drug-likeness (QED) is 0.531. The van der Waals surface area contributed by atoms with Crippen LogP contribution >= 0.6 is 0 Å². The summed E-state index contributed by atoms with van der Waals surface area (Å²) in [5.41, 5.74) is -0.770. The lowest BCUT2D eigenvalue weighted by molar-refractivity contribution is 0.0711. The number of hydrogen-bond donors (Lipinski definition) is 4. The van der Waals surface area contributed by atoms with Crippen molar-refractivity contribution in [2.45, 2.75) is 32.3 Å². The zero-order valence-electron chi connectivity index (χ0n) is 15.8. The summed E-state index contributed by atoms with van der Waals surface area (Å²) in [7, 11) is 1.44. The van der Waals surface area contributed by atoms with Crippen LogP contribution in [0.1, 0.15) is 25.8 Å². The second-order valence-electron chi connectivity index (χ2n) is 7.27. The second-order valence-corrected chi connectivity index (χ2v) is 7.27. The zero-order valence-corrected chi connectivity index (χ0v) is 15.8.